The molecule has 0 saturated carbocycles. The van der Waals surface area contributed by atoms with Crippen LogP contribution in [0.5, 0.6) is 0 Å². The molecular formula is C14H17ClF2N6O. The number of hydrogen-bond acceptors (Lipinski definition) is 5. The predicted octanol–water partition coefficient (Wildman–Crippen LogP) is 0.635. The largest absolute Gasteiger partial charge is 0.350 e. The van der Waals surface area contributed by atoms with Crippen LogP contribution in [-0.2, 0) is 11.3 Å². The van der Waals surface area contributed by atoms with Gasteiger partial charge in [0.25, 0.3) is 0 Å². The highest BCUT2D eigenvalue weighted by Gasteiger charge is 2.28. The number of rotatable bonds is 4. The SMILES string of the molecule is Cl.O=C(Cn1cnnn1)NC1CNCCC1c1ccc(F)c(F)c1. The lowest BCUT2D eigenvalue weighted by Crippen LogP contribution is -2.50. The van der Waals surface area contributed by atoms with E-state index in [4.69, 9.17) is 0 Å². The molecule has 0 aliphatic carbocycles. The monoisotopic (exact) mass is 358 g/mol. The van der Waals surface area contributed by atoms with E-state index in [0.29, 0.717) is 12.1 Å². The zero-order valence-corrected chi connectivity index (χ0v) is 13.5. The fourth-order valence-corrected chi connectivity index (χ4v) is 2.80. The standard InChI is InChI=1S/C14H16F2N6O.ClH/c15-11-2-1-9(5-12(11)16)10-3-4-17-6-13(10)19-14(23)7-22-8-18-20-21-22;/h1-2,5,8,10,13,17H,3-4,6-7H2,(H,19,23);1H. The average Bonchev–Trinajstić information content (AvgIpc) is 3.03. The van der Waals surface area contributed by atoms with E-state index in [1.165, 1.54) is 17.1 Å². The molecule has 1 fully saturated rings. The summed E-state index contributed by atoms with van der Waals surface area (Å²) in [6, 6.07) is 3.67. The van der Waals surface area contributed by atoms with Crippen molar-refractivity contribution in [2.45, 2.75) is 24.9 Å². The zero-order valence-electron chi connectivity index (χ0n) is 12.7. The van der Waals surface area contributed by atoms with Crippen molar-refractivity contribution in [1.29, 1.82) is 0 Å². The lowest BCUT2D eigenvalue weighted by atomic mass is 9.86. The minimum absolute atomic E-state index is 0. The van der Waals surface area contributed by atoms with Crippen molar-refractivity contribution in [3.05, 3.63) is 41.7 Å². The normalized spacial score (nSPS) is 20.2. The van der Waals surface area contributed by atoms with Gasteiger partial charge in [0.1, 0.15) is 12.9 Å². The summed E-state index contributed by atoms with van der Waals surface area (Å²) in [5.41, 5.74) is 0.679. The van der Waals surface area contributed by atoms with E-state index in [1.807, 2.05) is 0 Å². The maximum absolute atomic E-state index is 13.5. The van der Waals surface area contributed by atoms with Crippen LogP contribution in [-0.4, -0.2) is 45.2 Å². The molecule has 10 heteroatoms. The van der Waals surface area contributed by atoms with Crippen LogP contribution in [0.4, 0.5) is 8.78 Å². The van der Waals surface area contributed by atoms with Gasteiger partial charge in [-0.05, 0) is 41.1 Å². The minimum Gasteiger partial charge on any atom is -0.350 e. The quantitative estimate of drug-likeness (QED) is 0.837. The lowest BCUT2D eigenvalue weighted by molar-refractivity contribution is -0.122. The molecular weight excluding hydrogens is 342 g/mol. The number of hydrogen-bond donors (Lipinski definition) is 2. The highest BCUT2D eigenvalue weighted by atomic mass is 35.5. The van der Waals surface area contributed by atoms with Crippen molar-refractivity contribution >= 4 is 18.3 Å². The highest BCUT2D eigenvalue weighted by molar-refractivity contribution is 5.85. The van der Waals surface area contributed by atoms with Gasteiger partial charge in [0.15, 0.2) is 11.6 Å². The van der Waals surface area contributed by atoms with Gasteiger partial charge in [-0.15, -0.1) is 17.5 Å². The van der Waals surface area contributed by atoms with E-state index in [1.54, 1.807) is 6.07 Å². The van der Waals surface area contributed by atoms with Crippen LogP contribution in [0.1, 0.15) is 17.9 Å². The molecule has 24 heavy (non-hydrogen) atoms. The Bertz CT molecular complexity index is 684. The number of nitrogens with one attached hydrogen (secondary N) is 2. The predicted molar refractivity (Wildman–Crippen MR) is 83.6 cm³/mol. The summed E-state index contributed by atoms with van der Waals surface area (Å²) in [7, 11) is 0. The molecule has 130 valence electrons. The topological polar surface area (TPSA) is 84.7 Å². The van der Waals surface area contributed by atoms with Crippen molar-refractivity contribution in [3.8, 4) is 0 Å². The molecule has 0 bridgehead atoms. The van der Waals surface area contributed by atoms with Gasteiger partial charge in [-0.2, -0.15) is 0 Å². The molecule has 1 aliphatic heterocycles. The molecule has 1 amide bonds. The number of carbonyl (C=O) groups is 1. The average molecular weight is 359 g/mol. The molecule has 7 nitrogen and oxygen atoms in total. The first-order chi connectivity index (χ1) is 11.1. The van der Waals surface area contributed by atoms with Gasteiger partial charge >= 0.3 is 0 Å². The van der Waals surface area contributed by atoms with Crippen LogP contribution in [0, 0.1) is 11.6 Å². The summed E-state index contributed by atoms with van der Waals surface area (Å²) in [5, 5.41) is 16.7. The van der Waals surface area contributed by atoms with E-state index < -0.39 is 11.6 Å². The molecule has 2 heterocycles. The van der Waals surface area contributed by atoms with E-state index in [-0.39, 0.29) is 36.8 Å². The second-order valence-corrected chi connectivity index (χ2v) is 5.45. The number of tetrazole rings is 1. The first-order valence-corrected chi connectivity index (χ1v) is 7.29. The molecule has 2 atom stereocenters. The Morgan fingerprint density at radius 2 is 2.21 bits per heavy atom. The van der Waals surface area contributed by atoms with Gasteiger partial charge in [-0.25, -0.2) is 13.5 Å². The number of benzene rings is 1. The van der Waals surface area contributed by atoms with Crippen molar-refractivity contribution in [2.24, 2.45) is 0 Å². The van der Waals surface area contributed by atoms with E-state index in [0.717, 1.165) is 19.0 Å². The van der Waals surface area contributed by atoms with Crippen LogP contribution >= 0.6 is 12.4 Å². The van der Waals surface area contributed by atoms with E-state index in [2.05, 4.69) is 26.2 Å². The maximum atomic E-state index is 13.5. The number of halogens is 3. The third-order valence-electron chi connectivity index (χ3n) is 3.90. The fraction of sp³-hybridized carbons (Fsp3) is 0.429. The first-order valence-electron chi connectivity index (χ1n) is 7.29. The molecule has 1 saturated heterocycles. The molecule has 2 aromatic rings. The third kappa shape index (κ3) is 4.24. The molecule has 3 rings (SSSR count). The zero-order chi connectivity index (χ0) is 16.2. The number of amides is 1. The number of carbonyl (C=O) groups excluding carboxylic acids is 1. The summed E-state index contributed by atoms with van der Waals surface area (Å²) < 4.78 is 27.9. The summed E-state index contributed by atoms with van der Waals surface area (Å²) >= 11 is 0. The number of aromatic nitrogens is 4. The van der Waals surface area contributed by atoms with Crippen molar-refractivity contribution in [3.63, 3.8) is 0 Å². The molecule has 1 aromatic heterocycles. The van der Waals surface area contributed by atoms with E-state index >= 15 is 0 Å². The van der Waals surface area contributed by atoms with Gasteiger partial charge < -0.3 is 10.6 Å². The summed E-state index contributed by atoms with van der Waals surface area (Å²) in [6.45, 7) is 1.32. The van der Waals surface area contributed by atoms with Crippen LogP contribution in [0.2, 0.25) is 0 Å². The smallest absolute Gasteiger partial charge is 0.242 e. The molecule has 2 N–H and O–H groups in total. The van der Waals surface area contributed by atoms with Gasteiger partial charge in [0.2, 0.25) is 5.91 Å². The number of nitrogens with zero attached hydrogens (tertiary/aromatic N) is 4. The number of piperidine rings is 1. The summed E-state index contributed by atoms with van der Waals surface area (Å²) in [6.07, 6.45) is 2.08. The van der Waals surface area contributed by atoms with Gasteiger partial charge in [0, 0.05) is 18.5 Å². The Labute approximate surface area is 143 Å². The highest BCUT2D eigenvalue weighted by Crippen LogP contribution is 2.27. The summed E-state index contributed by atoms with van der Waals surface area (Å²) in [5.74, 6) is -2.07. The Morgan fingerprint density at radius 3 is 2.92 bits per heavy atom. The van der Waals surface area contributed by atoms with Gasteiger partial charge in [-0.3, -0.25) is 4.79 Å². The Kier molecular flexibility index (Phi) is 6.16. The van der Waals surface area contributed by atoms with Crippen molar-refractivity contribution in [2.75, 3.05) is 13.1 Å². The van der Waals surface area contributed by atoms with E-state index in [9.17, 15) is 13.6 Å². The molecule has 0 radical (unpaired) electrons. The summed E-state index contributed by atoms with van der Waals surface area (Å²) in [4.78, 5) is 12.1. The van der Waals surface area contributed by atoms with Crippen LogP contribution in [0.15, 0.2) is 24.5 Å². The molecule has 1 aliphatic rings. The fourth-order valence-electron chi connectivity index (χ4n) is 2.80. The third-order valence-corrected chi connectivity index (χ3v) is 3.90. The van der Waals surface area contributed by atoms with Crippen LogP contribution in [0.25, 0.3) is 0 Å². The Morgan fingerprint density at radius 1 is 1.38 bits per heavy atom. The first kappa shape index (κ1) is 18.2. The van der Waals surface area contributed by atoms with Gasteiger partial charge in [-0.1, -0.05) is 6.07 Å². The second kappa shape index (κ2) is 8.11. The Hall–Kier alpha value is -2.13. The van der Waals surface area contributed by atoms with Crippen LogP contribution in [0.3, 0.4) is 0 Å². The second-order valence-electron chi connectivity index (χ2n) is 5.45. The lowest BCUT2D eigenvalue weighted by Gasteiger charge is -2.33. The minimum atomic E-state index is -0.875. The Balaban J connectivity index is 0.00000208. The molecule has 1 aromatic carbocycles. The molecule has 2 unspecified atom stereocenters. The molecule has 0 spiro atoms. The van der Waals surface area contributed by atoms with Gasteiger partial charge in [0.05, 0.1) is 0 Å². The maximum Gasteiger partial charge on any atom is 0.242 e. The van der Waals surface area contributed by atoms with Crippen molar-refractivity contribution in [1.82, 2.24) is 30.8 Å². The van der Waals surface area contributed by atoms with Crippen molar-refractivity contribution < 1.29 is 13.6 Å². The van der Waals surface area contributed by atoms with Crippen LogP contribution < -0.4 is 10.6 Å².